The number of ether oxygens (including phenoxy) is 1. The monoisotopic (exact) mass is 193 g/mol. The molecule has 0 amide bonds. The van der Waals surface area contributed by atoms with Gasteiger partial charge in [0.15, 0.2) is 0 Å². The number of hydrogen-bond acceptors (Lipinski definition) is 4. The van der Waals surface area contributed by atoms with Crippen LogP contribution < -0.4 is 10.1 Å². The van der Waals surface area contributed by atoms with Gasteiger partial charge in [0.1, 0.15) is 12.1 Å². The van der Waals surface area contributed by atoms with Crippen molar-refractivity contribution in [3.8, 4) is 5.88 Å². The fourth-order valence-corrected chi connectivity index (χ4v) is 1.81. The van der Waals surface area contributed by atoms with Gasteiger partial charge in [-0.05, 0) is 12.8 Å². The number of nitrogens with one attached hydrogen (secondary N) is 1. The highest BCUT2D eigenvalue weighted by Gasteiger charge is 2.14. The van der Waals surface area contributed by atoms with Crippen LogP contribution in [0.2, 0.25) is 0 Å². The molecule has 1 heterocycles. The lowest BCUT2D eigenvalue weighted by Gasteiger charge is -2.12. The molecule has 0 saturated heterocycles. The molecule has 1 fully saturated rings. The van der Waals surface area contributed by atoms with Gasteiger partial charge in [0, 0.05) is 12.1 Å². The van der Waals surface area contributed by atoms with Crippen LogP contribution in [0.4, 0.5) is 5.82 Å². The van der Waals surface area contributed by atoms with E-state index in [1.807, 2.05) is 6.07 Å². The fourth-order valence-electron chi connectivity index (χ4n) is 1.81. The normalized spacial score (nSPS) is 16.9. The summed E-state index contributed by atoms with van der Waals surface area (Å²) in [6, 6.07) is 2.41. The van der Waals surface area contributed by atoms with E-state index in [1.54, 1.807) is 7.11 Å². The molecule has 1 N–H and O–H groups in total. The molecule has 0 unspecified atom stereocenters. The Hall–Kier alpha value is -1.32. The maximum absolute atomic E-state index is 5.03. The van der Waals surface area contributed by atoms with Crippen molar-refractivity contribution in [2.75, 3.05) is 12.4 Å². The first-order valence-electron chi connectivity index (χ1n) is 5.01. The molecular weight excluding hydrogens is 178 g/mol. The molecule has 0 radical (unpaired) electrons. The second-order valence-electron chi connectivity index (χ2n) is 3.57. The molecule has 0 aliphatic heterocycles. The molecule has 1 aliphatic carbocycles. The summed E-state index contributed by atoms with van der Waals surface area (Å²) in [6.07, 6.45) is 6.65. The summed E-state index contributed by atoms with van der Waals surface area (Å²) in [5, 5.41) is 3.38. The van der Waals surface area contributed by atoms with E-state index in [4.69, 9.17) is 4.74 Å². The molecule has 4 nitrogen and oxygen atoms in total. The van der Waals surface area contributed by atoms with Gasteiger partial charge in [-0.2, -0.15) is 0 Å². The largest absolute Gasteiger partial charge is 0.481 e. The zero-order valence-electron chi connectivity index (χ0n) is 8.36. The molecule has 0 atom stereocenters. The van der Waals surface area contributed by atoms with Crippen LogP contribution in [0.1, 0.15) is 25.7 Å². The zero-order valence-corrected chi connectivity index (χ0v) is 8.36. The minimum atomic E-state index is 0.578. The van der Waals surface area contributed by atoms with E-state index in [0.29, 0.717) is 11.9 Å². The van der Waals surface area contributed by atoms with E-state index in [2.05, 4.69) is 15.3 Å². The summed E-state index contributed by atoms with van der Waals surface area (Å²) >= 11 is 0. The first-order valence-corrected chi connectivity index (χ1v) is 5.01. The van der Waals surface area contributed by atoms with Gasteiger partial charge in [-0.25, -0.2) is 9.97 Å². The van der Waals surface area contributed by atoms with E-state index < -0.39 is 0 Å². The van der Waals surface area contributed by atoms with Gasteiger partial charge in [-0.1, -0.05) is 12.8 Å². The van der Waals surface area contributed by atoms with E-state index >= 15 is 0 Å². The van der Waals surface area contributed by atoms with Crippen molar-refractivity contribution in [3.05, 3.63) is 12.4 Å². The van der Waals surface area contributed by atoms with Crippen molar-refractivity contribution in [2.24, 2.45) is 0 Å². The van der Waals surface area contributed by atoms with Crippen LogP contribution in [0.15, 0.2) is 12.4 Å². The molecule has 1 aromatic heterocycles. The Morgan fingerprint density at radius 1 is 1.36 bits per heavy atom. The number of hydrogen-bond donors (Lipinski definition) is 1. The van der Waals surface area contributed by atoms with Crippen LogP contribution >= 0.6 is 0 Å². The molecule has 4 heteroatoms. The average Bonchev–Trinajstić information content (AvgIpc) is 2.71. The summed E-state index contributed by atoms with van der Waals surface area (Å²) in [5.41, 5.74) is 0. The molecule has 2 rings (SSSR count). The van der Waals surface area contributed by atoms with Gasteiger partial charge in [0.05, 0.1) is 7.11 Å². The lowest BCUT2D eigenvalue weighted by atomic mass is 10.2. The molecule has 1 aromatic rings. The highest BCUT2D eigenvalue weighted by atomic mass is 16.5. The molecule has 0 spiro atoms. The summed E-state index contributed by atoms with van der Waals surface area (Å²) in [7, 11) is 1.61. The SMILES string of the molecule is COc1cc(NC2CCCC2)ncn1. The minimum absolute atomic E-state index is 0.578. The molecule has 0 bridgehead atoms. The molecular formula is C10H15N3O. The molecule has 1 aliphatic rings. The second kappa shape index (κ2) is 4.26. The highest BCUT2D eigenvalue weighted by molar-refractivity contribution is 5.38. The minimum Gasteiger partial charge on any atom is -0.481 e. The van der Waals surface area contributed by atoms with Crippen molar-refractivity contribution in [1.82, 2.24) is 9.97 Å². The maximum atomic E-state index is 5.03. The van der Waals surface area contributed by atoms with Gasteiger partial charge in [-0.15, -0.1) is 0 Å². The number of rotatable bonds is 3. The van der Waals surface area contributed by atoms with Crippen molar-refractivity contribution in [3.63, 3.8) is 0 Å². The predicted molar refractivity (Wildman–Crippen MR) is 54.5 cm³/mol. The van der Waals surface area contributed by atoms with Crippen LogP contribution in [0.3, 0.4) is 0 Å². The van der Waals surface area contributed by atoms with Crippen LogP contribution in [-0.2, 0) is 0 Å². The van der Waals surface area contributed by atoms with Gasteiger partial charge >= 0.3 is 0 Å². The number of anilines is 1. The third kappa shape index (κ3) is 2.13. The average molecular weight is 193 g/mol. The van der Waals surface area contributed by atoms with Crippen LogP contribution in [0.5, 0.6) is 5.88 Å². The molecule has 14 heavy (non-hydrogen) atoms. The van der Waals surface area contributed by atoms with Crippen LogP contribution in [0.25, 0.3) is 0 Å². The zero-order chi connectivity index (χ0) is 9.80. The quantitative estimate of drug-likeness (QED) is 0.795. The molecule has 0 aromatic carbocycles. The third-order valence-corrected chi connectivity index (χ3v) is 2.56. The summed E-state index contributed by atoms with van der Waals surface area (Å²) in [5.74, 6) is 1.48. The smallest absolute Gasteiger partial charge is 0.218 e. The van der Waals surface area contributed by atoms with Crippen LogP contribution in [0, 0.1) is 0 Å². The topological polar surface area (TPSA) is 47.0 Å². The van der Waals surface area contributed by atoms with Crippen LogP contribution in [-0.4, -0.2) is 23.1 Å². The fraction of sp³-hybridized carbons (Fsp3) is 0.600. The summed E-state index contributed by atoms with van der Waals surface area (Å²) < 4.78 is 5.03. The molecule has 76 valence electrons. The summed E-state index contributed by atoms with van der Waals surface area (Å²) in [6.45, 7) is 0. The lowest BCUT2D eigenvalue weighted by Crippen LogP contribution is -2.15. The predicted octanol–water partition coefficient (Wildman–Crippen LogP) is 1.84. The van der Waals surface area contributed by atoms with E-state index in [9.17, 15) is 0 Å². The second-order valence-corrected chi connectivity index (χ2v) is 3.57. The Kier molecular flexibility index (Phi) is 2.81. The van der Waals surface area contributed by atoms with E-state index in [1.165, 1.54) is 32.0 Å². The van der Waals surface area contributed by atoms with Gasteiger partial charge in [0.2, 0.25) is 5.88 Å². The Balaban J connectivity index is 2.00. The Morgan fingerprint density at radius 3 is 2.86 bits per heavy atom. The number of methoxy groups -OCH3 is 1. The Bertz CT molecular complexity index is 297. The highest BCUT2D eigenvalue weighted by Crippen LogP contribution is 2.22. The lowest BCUT2D eigenvalue weighted by molar-refractivity contribution is 0.397. The standard InChI is InChI=1S/C10H15N3O/c1-14-10-6-9(11-7-12-10)13-8-4-2-3-5-8/h6-8H,2-5H2,1H3,(H,11,12,13). The Labute approximate surface area is 83.7 Å². The van der Waals surface area contributed by atoms with Crippen molar-refractivity contribution < 1.29 is 4.74 Å². The first-order chi connectivity index (χ1) is 6.88. The third-order valence-electron chi connectivity index (χ3n) is 2.56. The van der Waals surface area contributed by atoms with Crippen molar-refractivity contribution in [1.29, 1.82) is 0 Å². The van der Waals surface area contributed by atoms with Gasteiger partial charge in [0.25, 0.3) is 0 Å². The van der Waals surface area contributed by atoms with E-state index in [-0.39, 0.29) is 0 Å². The van der Waals surface area contributed by atoms with Gasteiger partial charge in [-0.3, -0.25) is 0 Å². The number of aromatic nitrogens is 2. The first kappa shape index (κ1) is 9.24. The van der Waals surface area contributed by atoms with Crippen molar-refractivity contribution in [2.45, 2.75) is 31.7 Å². The number of nitrogens with zero attached hydrogens (tertiary/aromatic N) is 2. The van der Waals surface area contributed by atoms with Gasteiger partial charge < -0.3 is 10.1 Å². The Morgan fingerprint density at radius 2 is 2.14 bits per heavy atom. The van der Waals surface area contributed by atoms with Crippen molar-refractivity contribution >= 4 is 5.82 Å². The van der Waals surface area contributed by atoms with E-state index in [0.717, 1.165) is 5.82 Å². The molecule has 1 saturated carbocycles. The maximum Gasteiger partial charge on any atom is 0.218 e. The summed E-state index contributed by atoms with van der Waals surface area (Å²) in [4.78, 5) is 8.11.